The van der Waals surface area contributed by atoms with Crippen LogP contribution in [0.2, 0.25) is 0 Å². The van der Waals surface area contributed by atoms with E-state index in [4.69, 9.17) is 4.74 Å². The minimum Gasteiger partial charge on any atom is -0.383 e. The van der Waals surface area contributed by atoms with Gasteiger partial charge in [-0.05, 0) is 44.5 Å². The molecule has 1 aliphatic carbocycles. The van der Waals surface area contributed by atoms with Crippen LogP contribution in [-0.2, 0) is 4.74 Å². The van der Waals surface area contributed by atoms with E-state index in [9.17, 15) is 0 Å². The Morgan fingerprint density at radius 3 is 2.50 bits per heavy atom. The van der Waals surface area contributed by atoms with Gasteiger partial charge in [-0.2, -0.15) is 0 Å². The first-order valence-corrected chi connectivity index (χ1v) is 6.79. The van der Waals surface area contributed by atoms with Crippen LogP contribution in [0.25, 0.3) is 0 Å². The van der Waals surface area contributed by atoms with Gasteiger partial charge < -0.3 is 15.0 Å². The highest BCUT2D eigenvalue weighted by atomic mass is 16.5. The van der Waals surface area contributed by atoms with Crippen LogP contribution in [0.5, 0.6) is 0 Å². The van der Waals surface area contributed by atoms with Crippen LogP contribution in [0.3, 0.4) is 0 Å². The summed E-state index contributed by atoms with van der Waals surface area (Å²) in [6.07, 6.45) is 2.64. The van der Waals surface area contributed by atoms with Gasteiger partial charge in [-0.3, -0.25) is 0 Å². The molecule has 1 aromatic rings. The molecule has 0 aromatic heterocycles. The Labute approximate surface area is 110 Å². The molecule has 0 spiro atoms. The Bertz CT molecular complexity index is 359. The Balaban J connectivity index is 2.05. The molecule has 18 heavy (non-hydrogen) atoms. The minimum atomic E-state index is 0.410. The van der Waals surface area contributed by atoms with Crippen LogP contribution in [0.1, 0.15) is 31.4 Å². The van der Waals surface area contributed by atoms with E-state index in [-0.39, 0.29) is 0 Å². The van der Waals surface area contributed by atoms with E-state index in [2.05, 4.69) is 41.4 Å². The maximum absolute atomic E-state index is 5.20. The maximum atomic E-state index is 5.20. The smallest absolute Gasteiger partial charge is 0.0637 e. The van der Waals surface area contributed by atoms with Crippen LogP contribution in [0, 0.1) is 0 Å². The number of nitrogens with zero attached hydrogens (tertiary/aromatic N) is 1. The molecule has 1 N–H and O–H groups in total. The summed E-state index contributed by atoms with van der Waals surface area (Å²) < 4.78 is 5.20. The molecule has 0 heterocycles. The summed E-state index contributed by atoms with van der Waals surface area (Å²) in [5, 5.41) is 3.27. The first kappa shape index (κ1) is 13.4. The van der Waals surface area contributed by atoms with Crippen LogP contribution < -0.4 is 10.2 Å². The van der Waals surface area contributed by atoms with Crippen LogP contribution >= 0.6 is 0 Å². The number of rotatable bonds is 7. The maximum Gasteiger partial charge on any atom is 0.0637 e. The first-order chi connectivity index (χ1) is 8.76. The van der Waals surface area contributed by atoms with Crippen molar-refractivity contribution in [2.75, 3.05) is 32.2 Å². The van der Waals surface area contributed by atoms with E-state index in [1.54, 1.807) is 7.11 Å². The summed E-state index contributed by atoms with van der Waals surface area (Å²) in [4.78, 5) is 2.47. The minimum absolute atomic E-state index is 0.410. The molecular formula is C15H24N2O. The normalized spacial score (nSPS) is 16.6. The van der Waals surface area contributed by atoms with Crippen molar-refractivity contribution >= 4 is 5.69 Å². The van der Waals surface area contributed by atoms with Crippen molar-refractivity contribution in [3.8, 4) is 0 Å². The van der Waals surface area contributed by atoms with Crippen molar-refractivity contribution in [2.24, 2.45) is 0 Å². The molecule has 100 valence electrons. The van der Waals surface area contributed by atoms with Gasteiger partial charge in [0.05, 0.1) is 6.61 Å². The van der Waals surface area contributed by atoms with Crippen LogP contribution in [0.15, 0.2) is 24.3 Å². The summed E-state index contributed by atoms with van der Waals surface area (Å²) in [5.74, 6) is 0. The molecule has 0 radical (unpaired) electrons. The molecule has 0 amide bonds. The van der Waals surface area contributed by atoms with E-state index < -0.39 is 0 Å². The van der Waals surface area contributed by atoms with E-state index in [1.807, 2.05) is 7.05 Å². The molecule has 1 fully saturated rings. The van der Waals surface area contributed by atoms with Crippen molar-refractivity contribution in [1.82, 2.24) is 5.32 Å². The van der Waals surface area contributed by atoms with Gasteiger partial charge in [-0.15, -0.1) is 0 Å². The predicted molar refractivity (Wildman–Crippen MR) is 76.2 cm³/mol. The molecule has 0 aliphatic heterocycles. The lowest BCUT2D eigenvalue weighted by molar-refractivity contribution is 0.205. The molecule has 1 unspecified atom stereocenters. The molecular weight excluding hydrogens is 224 g/mol. The lowest BCUT2D eigenvalue weighted by Crippen LogP contribution is -2.29. The second-order valence-corrected chi connectivity index (χ2v) is 5.02. The fraction of sp³-hybridized carbons (Fsp3) is 0.600. The second-order valence-electron chi connectivity index (χ2n) is 5.02. The topological polar surface area (TPSA) is 24.5 Å². The number of nitrogens with one attached hydrogen (secondary N) is 1. The summed E-state index contributed by atoms with van der Waals surface area (Å²) in [6.45, 7) is 3.96. The summed E-state index contributed by atoms with van der Waals surface area (Å²) in [6, 6.07) is 10.0. The predicted octanol–water partition coefficient (Wildman–Crippen LogP) is 2.58. The molecule has 1 aromatic carbocycles. The van der Waals surface area contributed by atoms with E-state index >= 15 is 0 Å². The highest BCUT2D eigenvalue weighted by Gasteiger charge is 2.28. The van der Waals surface area contributed by atoms with E-state index in [1.165, 1.54) is 24.1 Å². The van der Waals surface area contributed by atoms with Crippen molar-refractivity contribution in [1.29, 1.82) is 0 Å². The van der Waals surface area contributed by atoms with Gasteiger partial charge in [0, 0.05) is 31.4 Å². The van der Waals surface area contributed by atoms with Crippen molar-refractivity contribution in [3.05, 3.63) is 29.8 Å². The summed E-state index contributed by atoms with van der Waals surface area (Å²) >= 11 is 0. The number of hydrogen-bond donors (Lipinski definition) is 1. The molecule has 3 nitrogen and oxygen atoms in total. The standard InChI is InChI=1S/C15H24N2O/c1-12(16-2)13-4-6-14(7-5-13)17(10-11-18-3)15-8-9-15/h4-7,12,15-16H,8-11H2,1-3H3. The van der Waals surface area contributed by atoms with Gasteiger partial charge in [0.15, 0.2) is 0 Å². The molecule has 2 rings (SSSR count). The average Bonchev–Trinajstić information content (AvgIpc) is 3.24. The van der Waals surface area contributed by atoms with Crippen molar-refractivity contribution in [3.63, 3.8) is 0 Å². The molecule has 1 aliphatic rings. The molecule has 0 saturated heterocycles. The Morgan fingerprint density at radius 2 is 2.00 bits per heavy atom. The number of ether oxygens (including phenoxy) is 1. The SMILES string of the molecule is CNC(C)c1ccc(N(CCOC)C2CC2)cc1. The van der Waals surface area contributed by atoms with Gasteiger partial charge in [0.2, 0.25) is 0 Å². The Morgan fingerprint density at radius 1 is 1.33 bits per heavy atom. The van der Waals surface area contributed by atoms with E-state index in [0.717, 1.165) is 19.2 Å². The van der Waals surface area contributed by atoms with Gasteiger partial charge in [0.1, 0.15) is 0 Å². The number of hydrogen-bond acceptors (Lipinski definition) is 3. The number of methoxy groups -OCH3 is 1. The number of anilines is 1. The zero-order valence-corrected chi connectivity index (χ0v) is 11.6. The molecule has 0 bridgehead atoms. The first-order valence-electron chi connectivity index (χ1n) is 6.79. The van der Waals surface area contributed by atoms with E-state index in [0.29, 0.717) is 6.04 Å². The number of benzene rings is 1. The van der Waals surface area contributed by atoms with Crippen LogP contribution in [-0.4, -0.2) is 33.4 Å². The highest BCUT2D eigenvalue weighted by Crippen LogP contribution is 2.31. The van der Waals surface area contributed by atoms with Gasteiger partial charge in [-0.25, -0.2) is 0 Å². The average molecular weight is 248 g/mol. The van der Waals surface area contributed by atoms with Gasteiger partial charge in [-0.1, -0.05) is 12.1 Å². The summed E-state index contributed by atoms with van der Waals surface area (Å²) in [5.41, 5.74) is 2.66. The fourth-order valence-corrected chi connectivity index (χ4v) is 2.22. The summed E-state index contributed by atoms with van der Waals surface area (Å²) in [7, 11) is 3.76. The molecule has 1 saturated carbocycles. The van der Waals surface area contributed by atoms with Gasteiger partial charge in [0.25, 0.3) is 0 Å². The monoisotopic (exact) mass is 248 g/mol. The van der Waals surface area contributed by atoms with Crippen molar-refractivity contribution in [2.45, 2.75) is 31.8 Å². The lowest BCUT2D eigenvalue weighted by Gasteiger charge is -2.25. The molecule has 1 atom stereocenters. The fourth-order valence-electron chi connectivity index (χ4n) is 2.22. The zero-order valence-electron chi connectivity index (χ0n) is 11.6. The third-order valence-electron chi connectivity index (χ3n) is 3.68. The third kappa shape index (κ3) is 3.24. The quantitative estimate of drug-likeness (QED) is 0.802. The highest BCUT2D eigenvalue weighted by molar-refractivity contribution is 5.50. The lowest BCUT2D eigenvalue weighted by atomic mass is 10.1. The largest absolute Gasteiger partial charge is 0.383 e. The molecule has 3 heteroatoms. The third-order valence-corrected chi connectivity index (χ3v) is 3.68. The van der Waals surface area contributed by atoms with Gasteiger partial charge >= 0.3 is 0 Å². The Hall–Kier alpha value is -1.06. The zero-order chi connectivity index (χ0) is 13.0. The van der Waals surface area contributed by atoms with Crippen molar-refractivity contribution < 1.29 is 4.74 Å². The Kier molecular flexibility index (Phi) is 4.61. The van der Waals surface area contributed by atoms with Crippen LogP contribution in [0.4, 0.5) is 5.69 Å². The second kappa shape index (κ2) is 6.21.